The van der Waals surface area contributed by atoms with Gasteiger partial charge in [-0.1, -0.05) is 26.0 Å². The van der Waals surface area contributed by atoms with Crippen LogP contribution in [-0.4, -0.2) is 20.3 Å². The average molecular weight is 245 g/mol. The molecule has 0 aliphatic heterocycles. The summed E-state index contributed by atoms with van der Waals surface area (Å²) in [4.78, 5) is 0. The van der Waals surface area contributed by atoms with Crippen molar-refractivity contribution in [3.05, 3.63) is 23.8 Å². The Hall–Kier alpha value is -0.930. The van der Waals surface area contributed by atoms with Gasteiger partial charge in [0, 0.05) is 18.2 Å². The summed E-state index contributed by atoms with van der Waals surface area (Å²) >= 11 is 0. The zero-order valence-electron chi connectivity index (χ0n) is 10.2. The molecule has 0 saturated carbocycles. The van der Waals surface area contributed by atoms with Gasteiger partial charge in [-0.2, -0.15) is 0 Å². The third-order valence-corrected chi connectivity index (χ3v) is 2.19. The number of halogens is 1. The van der Waals surface area contributed by atoms with Crippen LogP contribution in [0, 0.1) is 0 Å². The van der Waals surface area contributed by atoms with Crippen LogP contribution >= 0.6 is 0 Å². The summed E-state index contributed by atoms with van der Waals surface area (Å²) in [6.45, 7) is 5.03. The number of benzene rings is 1. The minimum Gasteiger partial charge on any atom is -1.00 e. The molecule has 16 heavy (non-hydrogen) atoms. The molecule has 0 radical (unpaired) electrons. The summed E-state index contributed by atoms with van der Waals surface area (Å²) in [5.74, 6) is 1.59. The molecule has 0 saturated heterocycles. The van der Waals surface area contributed by atoms with Crippen LogP contribution in [0.1, 0.15) is 19.4 Å². The zero-order chi connectivity index (χ0) is 11.3. The van der Waals surface area contributed by atoms with Crippen molar-refractivity contribution in [2.75, 3.05) is 14.2 Å². The van der Waals surface area contributed by atoms with E-state index in [1.54, 1.807) is 14.2 Å². The van der Waals surface area contributed by atoms with Crippen molar-refractivity contribution in [2.45, 2.75) is 26.4 Å². The number of hydrogen-bond acceptors (Lipinski definition) is 3. The van der Waals surface area contributed by atoms with Crippen LogP contribution in [0.4, 0.5) is 0 Å². The van der Waals surface area contributed by atoms with Gasteiger partial charge in [-0.25, -0.2) is 0 Å². The molecule has 92 valence electrons. The summed E-state index contributed by atoms with van der Waals surface area (Å²) in [5.41, 5.74) is 1.12. The molecule has 3 nitrogen and oxygen atoms in total. The zero-order valence-corrected chi connectivity index (χ0v) is 11.0. The van der Waals surface area contributed by atoms with Crippen LogP contribution in [0.15, 0.2) is 18.2 Å². The quantitative estimate of drug-likeness (QED) is 0.736. The maximum Gasteiger partial charge on any atom is 0.165 e. The van der Waals surface area contributed by atoms with Crippen LogP contribution in [0.2, 0.25) is 0 Å². The lowest BCUT2D eigenvalue weighted by Crippen LogP contribution is -3.00. The summed E-state index contributed by atoms with van der Waals surface area (Å²) in [5, 5.41) is 3.35. The fourth-order valence-corrected chi connectivity index (χ4v) is 1.41. The minimum absolute atomic E-state index is 0. The van der Waals surface area contributed by atoms with E-state index >= 15 is 0 Å². The van der Waals surface area contributed by atoms with Crippen molar-refractivity contribution in [1.29, 1.82) is 0 Å². The first-order valence-electron chi connectivity index (χ1n) is 5.12. The van der Waals surface area contributed by atoms with Crippen molar-refractivity contribution in [2.24, 2.45) is 0 Å². The fourth-order valence-electron chi connectivity index (χ4n) is 1.41. The molecule has 1 aromatic carbocycles. The molecule has 0 heterocycles. The topological polar surface area (TPSA) is 30.5 Å². The van der Waals surface area contributed by atoms with Crippen molar-refractivity contribution >= 4 is 0 Å². The molecule has 1 N–H and O–H groups in total. The average Bonchev–Trinajstić information content (AvgIpc) is 2.25. The molecular weight excluding hydrogens is 226 g/mol. The van der Waals surface area contributed by atoms with Gasteiger partial charge >= 0.3 is 0 Å². The Kier molecular flexibility index (Phi) is 6.93. The van der Waals surface area contributed by atoms with Crippen molar-refractivity contribution < 1.29 is 21.9 Å². The van der Waals surface area contributed by atoms with E-state index in [1.807, 2.05) is 18.2 Å². The van der Waals surface area contributed by atoms with E-state index in [-0.39, 0.29) is 12.4 Å². The Balaban J connectivity index is 0.00000225. The summed E-state index contributed by atoms with van der Waals surface area (Å²) < 4.78 is 10.6. The SMILES string of the molecule is COc1cccc(CNC(C)C)c1OC.[Cl-]. The molecule has 0 aromatic heterocycles. The van der Waals surface area contributed by atoms with Gasteiger partial charge in [0.1, 0.15) is 0 Å². The standard InChI is InChI=1S/C12H19NO2.ClH/c1-9(2)13-8-10-6-5-7-11(14-3)12(10)15-4;/h5-7,9,13H,8H2,1-4H3;1H/p-1. The van der Waals surface area contributed by atoms with Gasteiger partial charge in [0.05, 0.1) is 14.2 Å². The Morgan fingerprint density at radius 3 is 2.38 bits per heavy atom. The number of methoxy groups -OCH3 is 2. The van der Waals surface area contributed by atoms with E-state index in [2.05, 4.69) is 19.2 Å². The normalized spacial score (nSPS) is 9.81. The number of ether oxygens (including phenoxy) is 2. The molecule has 4 heteroatoms. The van der Waals surface area contributed by atoms with Gasteiger partial charge in [0.2, 0.25) is 0 Å². The van der Waals surface area contributed by atoms with E-state index in [4.69, 9.17) is 9.47 Å². The third-order valence-electron chi connectivity index (χ3n) is 2.19. The fraction of sp³-hybridized carbons (Fsp3) is 0.500. The first-order valence-corrected chi connectivity index (χ1v) is 5.12. The Labute approximate surface area is 104 Å². The highest BCUT2D eigenvalue weighted by molar-refractivity contribution is 5.46. The van der Waals surface area contributed by atoms with Crippen molar-refractivity contribution in [3.8, 4) is 11.5 Å². The summed E-state index contributed by atoms with van der Waals surface area (Å²) in [6, 6.07) is 6.37. The van der Waals surface area contributed by atoms with E-state index in [0.29, 0.717) is 6.04 Å². The lowest BCUT2D eigenvalue weighted by Gasteiger charge is -2.14. The maximum absolute atomic E-state index is 5.33. The van der Waals surface area contributed by atoms with E-state index in [9.17, 15) is 0 Å². The van der Waals surface area contributed by atoms with Crippen LogP contribution in [0.25, 0.3) is 0 Å². The van der Waals surface area contributed by atoms with Crippen LogP contribution < -0.4 is 27.2 Å². The second-order valence-electron chi connectivity index (χ2n) is 3.69. The molecule has 0 atom stereocenters. The van der Waals surface area contributed by atoms with Crippen molar-refractivity contribution in [3.63, 3.8) is 0 Å². The molecule has 0 spiro atoms. The Morgan fingerprint density at radius 2 is 1.88 bits per heavy atom. The molecule has 0 aliphatic rings. The number of hydrogen-bond donors (Lipinski definition) is 1. The molecule has 0 fully saturated rings. The molecule has 0 unspecified atom stereocenters. The summed E-state index contributed by atoms with van der Waals surface area (Å²) in [6.07, 6.45) is 0. The van der Waals surface area contributed by atoms with Crippen molar-refractivity contribution in [1.82, 2.24) is 5.32 Å². The van der Waals surface area contributed by atoms with E-state index in [0.717, 1.165) is 23.6 Å². The molecular formula is C12H19ClNO2-. The predicted molar refractivity (Wildman–Crippen MR) is 61.5 cm³/mol. The highest BCUT2D eigenvalue weighted by Gasteiger charge is 2.08. The third kappa shape index (κ3) is 3.91. The molecule has 0 amide bonds. The first-order chi connectivity index (χ1) is 7.19. The molecule has 0 bridgehead atoms. The molecule has 1 aromatic rings. The van der Waals surface area contributed by atoms with Gasteiger partial charge in [-0.3, -0.25) is 0 Å². The Bertz CT molecular complexity index is 316. The Morgan fingerprint density at radius 1 is 1.19 bits per heavy atom. The van der Waals surface area contributed by atoms with Crippen LogP contribution in [0.3, 0.4) is 0 Å². The monoisotopic (exact) mass is 244 g/mol. The number of para-hydroxylation sites is 1. The van der Waals surface area contributed by atoms with Crippen LogP contribution in [-0.2, 0) is 6.54 Å². The largest absolute Gasteiger partial charge is 1.00 e. The lowest BCUT2D eigenvalue weighted by molar-refractivity contribution is -0.00000392. The first kappa shape index (κ1) is 15.1. The van der Waals surface area contributed by atoms with Gasteiger partial charge < -0.3 is 27.2 Å². The van der Waals surface area contributed by atoms with Gasteiger partial charge in [0.25, 0.3) is 0 Å². The highest BCUT2D eigenvalue weighted by atomic mass is 35.5. The number of rotatable bonds is 5. The maximum atomic E-state index is 5.33. The smallest absolute Gasteiger partial charge is 0.165 e. The number of nitrogens with one attached hydrogen (secondary N) is 1. The second-order valence-corrected chi connectivity index (χ2v) is 3.69. The lowest BCUT2D eigenvalue weighted by atomic mass is 10.1. The van der Waals surface area contributed by atoms with Gasteiger partial charge in [-0.05, 0) is 6.07 Å². The second kappa shape index (κ2) is 7.36. The minimum atomic E-state index is 0. The van der Waals surface area contributed by atoms with E-state index in [1.165, 1.54) is 0 Å². The van der Waals surface area contributed by atoms with Gasteiger partial charge in [0.15, 0.2) is 11.5 Å². The predicted octanol–water partition coefficient (Wildman–Crippen LogP) is -0.794. The molecule has 1 rings (SSSR count). The van der Waals surface area contributed by atoms with Gasteiger partial charge in [-0.15, -0.1) is 0 Å². The molecule has 0 aliphatic carbocycles. The summed E-state index contributed by atoms with van der Waals surface area (Å²) in [7, 11) is 3.31. The van der Waals surface area contributed by atoms with E-state index < -0.39 is 0 Å². The highest BCUT2D eigenvalue weighted by Crippen LogP contribution is 2.30. The van der Waals surface area contributed by atoms with Crippen LogP contribution in [0.5, 0.6) is 11.5 Å².